The van der Waals surface area contributed by atoms with Crippen LogP contribution in [0.5, 0.6) is 0 Å². The fraction of sp³-hybridized carbons (Fsp3) is 0.154. The zero-order chi connectivity index (χ0) is 23.5. The minimum atomic E-state index is -0.377. The molecule has 0 aliphatic rings. The number of likely N-dealkylation sites (N-methyl/N-ethyl adjacent to an activating group) is 1. The van der Waals surface area contributed by atoms with Gasteiger partial charge in [-0.2, -0.15) is 0 Å². The van der Waals surface area contributed by atoms with Gasteiger partial charge in [-0.15, -0.1) is 0 Å². The molecule has 0 fully saturated rings. The molecule has 0 unspecified atom stereocenters. The summed E-state index contributed by atoms with van der Waals surface area (Å²) in [4.78, 5) is 26.8. The second-order valence-corrected chi connectivity index (χ2v) is 7.63. The topological polar surface area (TPSA) is 82.8 Å². The molecule has 4 aromatic rings. The molecule has 7 heteroatoms. The van der Waals surface area contributed by atoms with Crippen LogP contribution in [-0.4, -0.2) is 49.1 Å². The Labute approximate surface area is 190 Å². The Hall–Kier alpha value is -3.97. The summed E-state index contributed by atoms with van der Waals surface area (Å²) < 4.78 is 19.4. The van der Waals surface area contributed by atoms with Crippen molar-refractivity contribution in [2.45, 2.75) is 0 Å². The van der Waals surface area contributed by atoms with Crippen LogP contribution in [-0.2, 0) is 0 Å². The van der Waals surface area contributed by atoms with E-state index in [2.05, 4.69) is 5.32 Å². The highest BCUT2D eigenvalue weighted by Gasteiger charge is 2.22. The molecule has 0 bridgehead atoms. The summed E-state index contributed by atoms with van der Waals surface area (Å²) in [5.74, 6) is -0.534. The molecule has 0 saturated heterocycles. The smallest absolute Gasteiger partial charge is 0.255 e. The Balaban J connectivity index is 1.81. The average molecular weight is 446 g/mol. The van der Waals surface area contributed by atoms with Crippen molar-refractivity contribution in [3.63, 3.8) is 0 Å². The van der Waals surface area contributed by atoms with Crippen LogP contribution in [0.4, 0.5) is 4.39 Å². The molecule has 4 rings (SSSR count). The van der Waals surface area contributed by atoms with E-state index >= 15 is 0 Å². The monoisotopic (exact) mass is 446 g/mol. The van der Waals surface area contributed by atoms with Crippen LogP contribution in [0, 0.1) is 5.82 Å². The summed E-state index contributed by atoms with van der Waals surface area (Å²) in [5.41, 5.74) is 3.56. The minimum absolute atomic E-state index is 0.113. The number of halogens is 1. The van der Waals surface area contributed by atoms with E-state index in [4.69, 9.17) is 9.52 Å². The zero-order valence-electron chi connectivity index (χ0n) is 18.3. The lowest BCUT2D eigenvalue weighted by atomic mass is 9.99. The number of nitrogens with one attached hydrogen (secondary N) is 1. The van der Waals surface area contributed by atoms with E-state index in [1.54, 1.807) is 43.4 Å². The number of aliphatic hydroxyl groups excluding tert-OH is 1. The van der Waals surface area contributed by atoms with Crippen molar-refractivity contribution in [2.75, 3.05) is 27.2 Å². The zero-order valence-corrected chi connectivity index (χ0v) is 18.3. The number of benzene rings is 3. The number of nitrogens with zero attached hydrogens (tertiary/aromatic N) is 1. The number of fused-ring (bicyclic) bond motifs is 1. The maximum Gasteiger partial charge on any atom is 0.255 e. The molecule has 2 N–H and O–H groups in total. The SMILES string of the molecule is CNC(=O)c1c(-c2ccc(F)cc2)oc2ccc(-c3cccc(C(=O)N(C)CCO)c3)cc12. The van der Waals surface area contributed by atoms with Gasteiger partial charge in [-0.3, -0.25) is 9.59 Å². The molecule has 0 spiro atoms. The van der Waals surface area contributed by atoms with Crippen molar-refractivity contribution in [3.8, 4) is 22.5 Å². The standard InChI is InChI=1S/C26H23FN2O4/c1-28-25(31)23-21-15-18(17-4-3-5-19(14-17)26(32)29(2)12-13-30)8-11-22(21)33-24(23)16-6-9-20(27)10-7-16/h3-11,14-15,30H,12-13H2,1-2H3,(H,28,31). The second-order valence-electron chi connectivity index (χ2n) is 7.63. The predicted molar refractivity (Wildman–Crippen MR) is 124 cm³/mol. The molecular weight excluding hydrogens is 423 g/mol. The van der Waals surface area contributed by atoms with E-state index in [9.17, 15) is 14.0 Å². The number of furan rings is 1. The first kappa shape index (κ1) is 22.2. The third-order valence-electron chi connectivity index (χ3n) is 5.47. The summed E-state index contributed by atoms with van der Waals surface area (Å²) in [6.45, 7) is 0.128. The van der Waals surface area contributed by atoms with Gasteiger partial charge in [0.25, 0.3) is 11.8 Å². The second kappa shape index (κ2) is 9.26. The molecule has 33 heavy (non-hydrogen) atoms. The third kappa shape index (κ3) is 4.36. The molecule has 1 aromatic heterocycles. The molecular formula is C26H23FN2O4. The molecule has 0 saturated carbocycles. The number of rotatable bonds is 6. The quantitative estimate of drug-likeness (QED) is 0.462. The van der Waals surface area contributed by atoms with Crippen molar-refractivity contribution >= 4 is 22.8 Å². The minimum Gasteiger partial charge on any atom is -0.455 e. The predicted octanol–water partition coefficient (Wildman–Crippen LogP) is 4.33. The molecule has 1 heterocycles. The highest BCUT2D eigenvalue weighted by Crippen LogP contribution is 2.36. The van der Waals surface area contributed by atoms with Crippen molar-refractivity contribution in [3.05, 3.63) is 83.7 Å². The Morgan fingerprint density at radius 2 is 1.70 bits per heavy atom. The summed E-state index contributed by atoms with van der Waals surface area (Å²) in [6.07, 6.45) is 0. The van der Waals surface area contributed by atoms with E-state index in [1.165, 1.54) is 24.1 Å². The van der Waals surface area contributed by atoms with E-state index in [0.717, 1.165) is 11.1 Å². The van der Waals surface area contributed by atoms with E-state index in [-0.39, 0.29) is 30.8 Å². The molecule has 0 atom stereocenters. The van der Waals surface area contributed by atoms with Crippen molar-refractivity contribution in [1.29, 1.82) is 0 Å². The van der Waals surface area contributed by atoms with Crippen LogP contribution in [0.1, 0.15) is 20.7 Å². The Morgan fingerprint density at radius 1 is 1.00 bits per heavy atom. The van der Waals surface area contributed by atoms with Crippen LogP contribution in [0.3, 0.4) is 0 Å². The van der Waals surface area contributed by atoms with E-state index in [0.29, 0.717) is 33.4 Å². The van der Waals surface area contributed by atoms with Crippen LogP contribution in [0.2, 0.25) is 0 Å². The Morgan fingerprint density at radius 3 is 2.39 bits per heavy atom. The number of hydrogen-bond donors (Lipinski definition) is 2. The summed E-state index contributed by atoms with van der Waals surface area (Å²) in [5, 5.41) is 12.4. The maximum atomic E-state index is 13.4. The van der Waals surface area contributed by atoms with Gasteiger partial charge >= 0.3 is 0 Å². The van der Waals surface area contributed by atoms with Crippen LogP contribution < -0.4 is 5.32 Å². The van der Waals surface area contributed by atoms with Crippen molar-refractivity contribution in [1.82, 2.24) is 10.2 Å². The number of aliphatic hydroxyl groups is 1. The molecule has 168 valence electrons. The highest BCUT2D eigenvalue weighted by molar-refractivity contribution is 6.11. The first-order chi connectivity index (χ1) is 15.9. The summed E-state index contributed by atoms with van der Waals surface area (Å²) in [6, 6.07) is 18.4. The lowest BCUT2D eigenvalue weighted by molar-refractivity contribution is 0.0767. The lowest BCUT2D eigenvalue weighted by Gasteiger charge is -2.16. The van der Waals surface area contributed by atoms with Gasteiger partial charge in [0.05, 0.1) is 12.2 Å². The van der Waals surface area contributed by atoms with E-state index in [1.807, 2.05) is 18.2 Å². The van der Waals surface area contributed by atoms with Gasteiger partial charge in [-0.25, -0.2) is 4.39 Å². The fourth-order valence-corrected chi connectivity index (χ4v) is 3.74. The Bertz CT molecular complexity index is 1330. The summed E-state index contributed by atoms with van der Waals surface area (Å²) >= 11 is 0. The van der Waals surface area contributed by atoms with Gasteiger partial charge in [0.15, 0.2) is 0 Å². The molecule has 2 amide bonds. The molecule has 3 aromatic carbocycles. The third-order valence-corrected chi connectivity index (χ3v) is 5.47. The van der Waals surface area contributed by atoms with Crippen molar-refractivity contribution < 1.29 is 23.5 Å². The van der Waals surface area contributed by atoms with Crippen molar-refractivity contribution in [2.24, 2.45) is 0 Å². The van der Waals surface area contributed by atoms with Crippen LogP contribution in [0.25, 0.3) is 33.4 Å². The van der Waals surface area contributed by atoms with Gasteiger partial charge < -0.3 is 19.7 Å². The molecule has 0 aliphatic heterocycles. The van der Waals surface area contributed by atoms with E-state index < -0.39 is 0 Å². The van der Waals surface area contributed by atoms with Crippen LogP contribution in [0.15, 0.2) is 71.1 Å². The highest BCUT2D eigenvalue weighted by atomic mass is 19.1. The first-order valence-electron chi connectivity index (χ1n) is 10.4. The van der Waals surface area contributed by atoms with Crippen LogP contribution >= 0.6 is 0 Å². The average Bonchev–Trinajstić information content (AvgIpc) is 3.22. The summed E-state index contributed by atoms with van der Waals surface area (Å²) in [7, 11) is 3.17. The maximum absolute atomic E-state index is 13.4. The van der Waals surface area contributed by atoms with Gasteiger partial charge in [-0.1, -0.05) is 18.2 Å². The number of carbonyl (C=O) groups is 2. The lowest BCUT2D eigenvalue weighted by Crippen LogP contribution is -2.29. The molecule has 0 aliphatic carbocycles. The number of hydrogen-bond acceptors (Lipinski definition) is 4. The van der Waals surface area contributed by atoms with Gasteiger partial charge in [-0.05, 0) is 59.7 Å². The molecule has 6 nitrogen and oxygen atoms in total. The van der Waals surface area contributed by atoms with Gasteiger partial charge in [0.2, 0.25) is 0 Å². The first-order valence-corrected chi connectivity index (χ1v) is 10.4. The number of amides is 2. The van der Waals surface area contributed by atoms with Gasteiger partial charge in [0.1, 0.15) is 17.2 Å². The Kier molecular flexibility index (Phi) is 6.24. The molecule has 0 radical (unpaired) electrons. The number of carbonyl (C=O) groups excluding carboxylic acids is 2. The normalized spacial score (nSPS) is 10.9. The fourth-order valence-electron chi connectivity index (χ4n) is 3.74. The van der Waals surface area contributed by atoms with Gasteiger partial charge in [0, 0.05) is 37.2 Å². The largest absolute Gasteiger partial charge is 0.455 e.